The van der Waals surface area contributed by atoms with Crippen LogP contribution in [-0.2, 0) is 0 Å². The van der Waals surface area contributed by atoms with E-state index < -0.39 is 0 Å². The van der Waals surface area contributed by atoms with Crippen LogP contribution in [0.2, 0.25) is 0 Å². The molecular formula is C17H32. The van der Waals surface area contributed by atoms with Crippen LogP contribution >= 0.6 is 0 Å². The molecule has 0 amide bonds. The van der Waals surface area contributed by atoms with Gasteiger partial charge in [0.2, 0.25) is 0 Å². The molecule has 0 saturated carbocycles. The third kappa shape index (κ3) is 3.86. The molecule has 1 aliphatic carbocycles. The normalized spacial score (nSPS) is 40.5. The summed E-state index contributed by atoms with van der Waals surface area (Å²) in [5, 5.41) is 0. The molecule has 0 radical (unpaired) electrons. The van der Waals surface area contributed by atoms with E-state index in [-0.39, 0.29) is 0 Å². The maximum atomic E-state index is 2.54. The lowest BCUT2D eigenvalue weighted by Crippen LogP contribution is -2.25. The van der Waals surface area contributed by atoms with Gasteiger partial charge in [0.05, 0.1) is 0 Å². The molecule has 0 spiro atoms. The molecule has 0 fully saturated rings. The smallest absolute Gasteiger partial charge is 0.0231 e. The monoisotopic (exact) mass is 236 g/mol. The third-order valence-corrected chi connectivity index (χ3v) is 5.17. The fourth-order valence-corrected chi connectivity index (χ4v) is 3.52. The van der Waals surface area contributed by atoms with E-state index in [2.05, 4.69) is 54.5 Å². The second-order valence-electron chi connectivity index (χ2n) is 7.03. The Hall–Kier alpha value is -0.260. The molecule has 0 N–H and O–H groups in total. The van der Waals surface area contributed by atoms with Crippen molar-refractivity contribution in [3.05, 3.63) is 11.6 Å². The highest BCUT2D eigenvalue weighted by molar-refractivity contribution is 5.04. The summed E-state index contributed by atoms with van der Waals surface area (Å²) in [6, 6.07) is 0. The molecule has 5 atom stereocenters. The SMILES string of the molecule is CC1=CC(C)C(C)C(C(C)C)CC(C)C(C)C1. The van der Waals surface area contributed by atoms with E-state index in [1.54, 1.807) is 5.57 Å². The van der Waals surface area contributed by atoms with Crippen molar-refractivity contribution < 1.29 is 0 Å². The van der Waals surface area contributed by atoms with E-state index in [4.69, 9.17) is 0 Å². The van der Waals surface area contributed by atoms with E-state index in [0.717, 1.165) is 35.5 Å². The Kier molecular flexibility index (Phi) is 5.28. The zero-order valence-corrected chi connectivity index (χ0v) is 13.0. The summed E-state index contributed by atoms with van der Waals surface area (Å²) in [7, 11) is 0. The van der Waals surface area contributed by atoms with Crippen LogP contribution in [0.4, 0.5) is 0 Å². The Morgan fingerprint density at radius 1 is 1.06 bits per heavy atom. The lowest BCUT2D eigenvalue weighted by atomic mass is 9.72. The number of hydrogen-bond donors (Lipinski definition) is 0. The first-order valence-electron chi connectivity index (χ1n) is 7.50. The highest BCUT2D eigenvalue weighted by Gasteiger charge is 2.29. The van der Waals surface area contributed by atoms with Gasteiger partial charge in [-0.2, -0.15) is 0 Å². The van der Waals surface area contributed by atoms with Crippen molar-refractivity contribution >= 4 is 0 Å². The van der Waals surface area contributed by atoms with Crippen LogP contribution in [0.15, 0.2) is 11.6 Å². The molecule has 1 rings (SSSR count). The van der Waals surface area contributed by atoms with Crippen molar-refractivity contribution in [1.29, 1.82) is 0 Å². The number of rotatable bonds is 1. The molecule has 1 aliphatic rings. The molecular weight excluding hydrogens is 204 g/mol. The fraction of sp³-hybridized carbons (Fsp3) is 0.882. The van der Waals surface area contributed by atoms with Gasteiger partial charge in [0, 0.05) is 0 Å². The Labute approximate surface area is 109 Å². The van der Waals surface area contributed by atoms with Gasteiger partial charge in [-0.25, -0.2) is 0 Å². The standard InChI is InChI=1S/C17H32/c1-11(2)17-10-14(5)13(4)8-12(3)9-15(6)16(17)7/h9,11,13-17H,8,10H2,1-7H3. The van der Waals surface area contributed by atoms with Gasteiger partial charge >= 0.3 is 0 Å². The van der Waals surface area contributed by atoms with Gasteiger partial charge in [0.15, 0.2) is 0 Å². The van der Waals surface area contributed by atoms with Gasteiger partial charge in [-0.05, 0) is 55.3 Å². The first kappa shape index (κ1) is 14.8. The zero-order valence-electron chi connectivity index (χ0n) is 13.0. The number of hydrogen-bond acceptors (Lipinski definition) is 0. The van der Waals surface area contributed by atoms with Gasteiger partial charge in [-0.15, -0.1) is 0 Å². The molecule has 0 aliphatic heterocycles. The first-order chi connectivity index (χ1) is 7.82. The van der Waals surface area contributed by atoms with Crippen LogP contribution in [0.5, 0.6) is 0 Å². The average molecular weight is 236 g/mol. The van der Waals surface area contributed by atoms with Crippen LogP contribution < -0.4 is 0 Å². The van der Waals surface area contributed by atoms with Crippen LogP contribution in [0.1, 0.15) is 61.3 Å². The van der Waals surface area contributed by atoms with E-state index in [1.165, 1.54) is 12.8 Å². The Morgan fingerprint density at radius 2 is 1.65 bits per heavy atom. The highest BCUT2D eigenvalue weighted by atomic mass is 14.3. The highest BCUT2D eigenvalue weighted by Crippen LogP contribution is 2.38. The minimum atomic E-state index is 0.736. The zero-order chi connectivity index (χ0) is 13.2. The summed E-state index contributed by atoms with van der Waals surface area (Å²) >= 11 is 0. The van der Waals surface area contributed by atoms with E-state index in [0.29, 0.717) is 0 Å². The summed E-state index contributed by atoms with van der Waals surface area (Å²) in [5.41, 5.74) is 1.60. The molecule has 0 aromatic carbocycles. The molecule has 5 unspecified atom stereocenters. The average Bonchev–Trinajstić information content (AvgIpc) is 2.25. The Balaban J connectivity index is 2.95. The molecule has 0 heterocycles. The second kappa shape index (κ2) is 6.07. The molecule has 0 bridgehead atoms. The van der Waals surface area contributed by atoms with Gasteiger partial charge in [0.25, 0.3) is 0 Å². The molecule has 0 aromatic rings. The lowest BCUT2D eigenvalue weighted by Gasteiger charge is -2.33. The summed E-state index contributed by atoms with van der Waals surface area (Å²) in [6.07, 6.45) is 5.24. The van der Waals surface area contributed by atoms with Crippen LogP contribution in [0.25, 0.3) is 0 Å². The van der Waals surface area contributed by atoms with Crippen LogP contribution in [0, 0.1) is 35.5 Å². The predicted octanol–water partition coefficient (Wildman–Crippen LogP) is 5.54. The summed E-state index contributed by atoms with van der Waals surface area (Å²) in [5.74, 6) is 4.94. The van der Waals surface area contributed by atoms with Crippen molar-refractivity contribution in [2.24, 2.45) is 35.5 Å². The van der Waals surface area contributed by atoms with Crippen molar-refractivity contribution in [3.63, 3.8) is 0 Å². The number of allylic oxidation sites excluding steroid dienone is 2. The third-order valence-electron chi connectivity index (χ3n) is 5.17. The summed E-state index contributed by atoms with van der Waals surface area (Å²) in [4.78, 5) is 0. The molecule has 0 saturated heterocycles. The molecule has 0 nitrogen and oxygen atoms in total. The molecule has 100 valence electrons. The van der Waals surface area contributed by atoms with Crippen molar-refractivity contribution in [3.8, 4) is 0 Å². The minimum Gasteiger partial charge on any atom is -0.0825 e. The quantitative estimate of drug-likeness (QED) is 0.524. The van der Waals surface area contributed by atoms with E-state index in [9.17, 15) is 0 Å². The topological polar surface area (TPSA) is 0 Å². The maximum Gasteiger partial charge on any atom is -0.0231 e. The lowest BCUT2D eigenvalue weighted by molar-refractivity contribution is 0.174. The molecule has 17 heavy (non-hydrogen) atoms. The van der Waals surface area contributed by atoms with Crippen LogP contribution in [0.3, 0.4) is 0 Å². The summed E-state index contributed by atoms with van der Waals surface area (Å²) in [6.45, 7) is 16.9. The fourth-order valence-electron chi connectivity index (χ4n) is 3.52. The molecule has 0 aromatic heterocycles. The Bertz CT molecular complexity index is 261. The maximum absolute atomic E-state index is 2.54. The second-order valence-corrected chi connectivity index (χ2v) is 7.03. The van der Waals surface area contributed by atoms with Crippen molar-refractivity contribution in [2.45, 2.75) is 61.3 Å². The van der Waals surface area contributed by atoms with E-state index >= 15 is 0 Å². The largest absolute Gasteiger partial charge is 0.0825 e. The first-order valence-corrected chi connectivity index (χ1v) is 7.50. The summed E-state index contributed by atoms with van der Waals surface area (Å²) < 4.78 is 0. The van der Waals surface area contributed by atoms with Crippen LogP contribution in [-0.4, -0.2) is 0 Å². The van der Waals surface area contributed by atoms with Crippen molar-refractivity contribution in [2.75, 3.05) is 0 Å². The predicted molar refractivity (Wildman–Crippen MR) is 78.0 cm³/mol. The van der Waals surface area contributed by atoms with E-state index in [1.807, 2.05) is 0 Å². The molecule has 0 heteroatoms. The van der Waals surface area contributed by atoms with Crippen molar-refractivity contribution in [1.82, 2.24) is 0 Å². The van der Waals surface area contributed by atoms with Gasteiger partial charge in [0.1, 0.15) is 0 Å². The Morgan fingerprint density at radius 3 is 2.18 bits per heavy atom. The minimum absolute atomic E-state index is 0.736. The van der Waals surface area contributed by atoms with Gasteiger partial charge in [-0.3, -0.25) is 0 Å². The van der Waals surface area contributed by atoms with Gasteiger partial charge in [-0.1, -0.05) is 53.2 Å². The van der Waals surface area contributed by atoms with Gasteiger partial charge < -0.3 is 0 Å².